The van der Waals surface area contributed by atoms with Crippen LogP contribution in [0.2, 0.25) is 0 Å². The van der Waals surface area contributed by atoms with Gasteiger partial charge in [-0.2, -0.15) is 0 Å². The summed E-state index contributed by atoms with van der Waals surface area (Å²) in [6.45, 7) is 8.31. The summed E-state index contributed by atoms with van der Waals surface area (Å²) >= 11 is 0. The fraction of sp³-hybridized carbons (Fsp3) is 0.846. The lowest BCUT2D eigenvalue weighted by molar-refractivity contribution is 0.192. The Hall–Kier alpha value is -0.300. The van der Waals surface area contributed by atoms with Gasteiger partial charge in [-0.05, 0) is 24.8 Å². The first-order valence-electron chi connectivity index (χ1n) is 6.08. The van der Waals surface area contributed by atoms with Crippen LogP contribution in [0.3, 0.4) is 0 Å². The lowest BCUT2D eigenvalue weighted by Crippen LogP contribution is -2.09. The first-order valence-corrected chi connectivity index (χ1v) is 6.08. The van der Waals surface area contributed by atoms with Gasteiger partial charge < -0.3 is 5.11 Å². The van der Waals surface area contributed by atoms with E-state index in [2.05, 4.69) is 20.4 Å². The summed E-state index contributed by atoms with van der Waals surface area (Å²) in [5, 5.41) is 9.74. The summed E-state index contributed by atoms with van der Waals surface area (Å²) in [6.07, 6.45) is 8.91. The zero-order chi connectivity index (χ0) is 10.8. The predicted octanol–water partition coefficient (Wildman–Crippen LogP) is 4.06. The second-order valence-electron chi connectivity index (χ2n) is 4.13. The topological polar surface area (TPSA) is 20.2 Å². The smallest absolute Gasteiger partial charge is 0.0747 e. The normalized spacial score (nSPS) is 12.8. The van der Waals surface area contributed by atoms with Gasteiger partial charge in [0.2, 0.25) is 0 Å². The molecular formula is C13H26O. The molecule has 0 radical (unpaired) electrons. The van der Waals surface area contributed by atoms with Crippen molar-refractivity contribution in [3.8, 4) is 0 Å². The third kappa shape index (κ3) is 7.14. The van der Waals surface area contributed by atoms with Gasteiger partial charge >= 0.3 is 0 Å². The Morgan fingerprint density at radius 3 is 2.29 bits per heavy atom. The molecule has 0 saturated carbocycles. The average Bonchev–Trinajstić information content (AvgIpc) is 2.20. The molecule has 0 fully saturated rings. The van der Waals surface area contributed by atoms with E-state index in [1.807, 2.05) is 0 Å². The summed E-state index contributed by atoms with van der Waals surface area (Å²) in [6, 6.07) is 0. The van der Waals surface area contributed by atoms with Gasteiger partial charge in [0.25, 0.3) is 0 Å². The van der Waals surface area contributed by atoms with Crippen molar-refractivity contribution >= 4 is 0 Å². The Balaban J connectivity index is 3.42. The van der Waals surface area contributed by atoms with Crippen molar-refractivity contribution in [1.82, 2.24) is 0 Å². The van der Waals surface area contributed by atoms with Gasteiger partial charge in [-0.3, -0.25) is 0 Å². The van der Waals surface area contributed by atoms with E-state index in [-0.39, 0.29) is 6.10 Å². The summed E-state index contributed by atoms with van der Waals surface area (Å²) in [5.41, 5.74) is 1.03. The lowest BCUT2D eigenvalue weighted by atomic mass is 10.00. The van der Waals surface area contributed by atoms with Crippen LogP contribution in [-0.2, 0) is 0 Å². The van der Waals surface area contributed by atoms with Crippen molar-refractivity contribution < 1.29 is 5.11 Å². The molecule has 1 heteroatoms. The second kappa shape index (κ2) is 9.26. The molecule has 0 amide bonds. The fourth-order valence-corrected chi connectivity index (χ4v) is 1.54. The summed E-state index contributed by atoms with van der Waals surface area (Å²) < 4.78 is 0. The summed E-state index contributed by atoms with van der Waals surface area (Å²) in [4.78, 5) is 0. The minimum atomic E-state index is -0.251. The van der Waals surface area contributed by atoms with Gasteiger partial charge in [-0.15, -0.1) is 0 Å². The van der Waals surface area contributed by atoms with E-state index in [1.165, 1.54) is 25.7 Å². The number of aliphatic hydroxyl groups is 1. The van der Waals surface area contributed by atoms with Crippen LogP contribution in [0.1, 0.15) is 65.2 Å². The molecule has 0 spiro atoms. The number of hydrogen-bond donors (Lipinski definition) is 1. The molecule has 0 aliphatic carbocycles. The third-order valence-corrected chi connectivity index (χ3v) is 2.65. The van der Waals surface area contributed by atoms with Crippen LogP contribution in [0, 0.1) is 0 Å². The zero-order valence-corrected chi connectivity index (χ0v) is 9.89. The minimum absolute atomic E-state index is 0.251. The average molecular weight is 198 g/mol. The third-order valence-electron chi connectivity index (χ3n) is 2.65. The maximum atomic E-state index is 9.74. The molecule has 0 aliphatic heterocycles. The highest BCUT2D eigenvalue weighted by atomic mass is 16.3. The fourth-order valence-electron chi connectivity index (χ4n) is 1.54. The molecule has 1 atom stereocenters. The summed E-state index contributed by atoms with van der Waals surface area (Å²) in [7, 11) is 0. The number of aliphatic hydroxyl groups excluding tert-OH is 1. The Morgan fingerprint density at radius 2 is 1.71 bits per heavy atom. The first-order chi connectivity index (χ1) is 6.72. The molecule has 84 valence electrons. The first kappa shape index (κ1) is 13.7. The Kier molecular flexibility index (Phi) is 9.06. The van der Waals surface area contributed by atoms with Gasteiger partial charge in [-0.25, -0.2) is 0 Å². The molecule has 1 N–H and O–H groups in total. The molecule has 0 aromatic rings. The van der Waals surface area contributed by atoms with Crippen LogP contribution < -0.4 is 0 Å². The van der Waals surface area contributed by atoms with Gasteiger partial charge in [0, 0.05) is 0 Å². The monoisotopic (exact) mass is 198 g/mol. The maximum Gasteiger partial charge on any atom is 0.0747 e. The number of hydrogen-bond acceptors (Lipinski definition) is 1. The molecule has 0 aromatic carbocycles. The highest BCUT2D eigenvalue weighted by molar-refractivity contribution is 5.01. The van der Waals surface area contributed by atoms with Crippen molar-refractivity contribution in [2.45, 2.75) is 71.3 Å². The quantitative estimate of drug-likeness (QED) is 0.437. The van der Waals surface area contributed by atoms with Crippen LogP contribution in [0.25, 0.3) is 0 Å². The number of rotatable bonds is 9. The van der Waals surface area contributed by atoms with Crippen LogP contribution in [0.5, 0.6) is 0 Å². The molecule has 1 unspecified atom stereocenters. The molecule has 0 aliphatic rings. The van der Waals surface area contributed by atoms with Crippen molar-refractivity contribution in [3.05, 3.63) is 12.2 Å². The van der Waals surface area contributed by atoms with Gasteiger partial charge in [0.1, 0.15) is 0 Å². The second-order valence-corrected chi connectivity index (χ2v) is 4.13. The van der Waals surface area contributed by atoms with Gasteiger partial charge in [0.05, 0.1) is 6.10 Å². The molecule has 1 nitrogen and oxygen atoms in total. The van der Waals surface area contributed by atoms with Crippen molar-refractivity contribution in [1.29, 1.82) is 0 Å². The molecule has 0 heterocycles. The molecule has 0 bridgehead atoms. The van der Waals surface area contributed by atoms with E-state index < -0.39 is 0 Å². The minimum Gasteiger partial charge on any atom is -0.389 e. The van der Waals surface area contributed by atoms with E-state index in [0.29, 0.717) is 0 Å². The van der Waals surface area contributed by atoms with Crippen molar-refractivity contribution in [3.63, 3.8) is 0 Å². The Labute approximate surface area is 89.2 Å². The molecule has 14 heavy (non-hydrogen) atoms. The highest BCUT2D eigenvalue weighted by Gasteiger charge is 2.07. The van der Waals surface area contributed by atoms with Gasteiger partial charge in [-0.1, -0.05) is 52.5 Å². The standard InChI is InChI=1S/C13H26O/c1-4-6-8-9-11-13(14)12(3)10-7-5-2/h13-14H,3-11H2,1-2H3. The van der Waals surface area contributed by atoms with Crippen molar-refractivity contribution in [2.24, 2.45) is 0 Å². The molecule has 0 rings (SSSR count). The van der Waals surface area contributed by atoms with Crippen LogP contribution in [0.4, 0.5) is 0 Å². The molecular weight excluding hydrogens is 172 g/mol. The lowest BCUT2D eigenvalue weighted by Gasteiger charge is -2.13. The predicted molar refractivity (Wildman–Crippen MR) is 63.4 cm³/mol. The van der Waals surface area contributed by atoms with Crippen LogP contribution in [0.15, 0.2) is 12.2 Å². The van der Waals surface area contributed by atoms with E-state index in [4.69, 9.17) is 0 Å². The Bertz CT molecular complexity index is 140. The summed E-state index contributed by atoms with van der Waals surface area (Å²) in [5.74, 6) is 0. The molecule has 0 aromatic heterocycles. The van der Waals surface area contributed by atoms with Crippen molar-refractivity contribution in [2.75, 3.05) is 0 Å². The SMILES string of the molecule is C=C(CCCC)C(O)CCCCCC. The van der Waals surface area contributed by atoms with Crippen LogP contribution >= 0.6 is 0 Å². The number of unbranched alkanes of at least 4 members (excludes halogenated alkanes) is 4. The zero-order valence-electron chi connectivity index (χ0n) is 9.89. The van der Waals surface area contributed by atoms with E-state index in [0.717, 1.165) is 31.3 Å². The van der Waals surface area contributed by atoms with Crippen LogP contribution in [-0.4, -0.2) is 11.2 Å². The van der Waals surface area contributed by atoms with E-state index in [1.54, 1.807) is 0 Å². The van der Waals surface area contributed by atoms with E-state index >= 15 is 0 Å². The largest absolute Gasteiger partial charge is 0.389 e. The maximum absolute atomic E-state index is 9.74. The Morgan fingerprint density at radius 1 is 1.07 bits per heavy atom. The van der Waals surface area contributed by atoms with E-state index in [9.17, 15) is 5.11 Å². The molecule has 0 saturated heterocycles. The van der Waals surface area contributed by atoms with Gasteiger partial charge in [0.15, 0.2) is 0 Å². The highest BCUT2D eigenvalue weighted by Crippen LogP contribution is 2.15.